The third kappa shape index (κ3) is 1.82. The smallest absolute Gasteiger partial charge is 0.0616 e. The second kappa shape index (κ2) is 2.95. The van der Waals surface area contributed by atoms with Gasteiger partial charge in [0.25, 0.3) is 0 Å². The van der Waals surface area contributed by atoms with Gasteiger partial charge >= 0.3 is 0 Å². The number of aliphatic hydroxyl groups is 1. The van der Waals surface area contributed by atoms with Gasteiger partial charge in [-0.2, -0.15) is 0 Å². The molecule has 0 radical (unpaired) electrons. The molecule has 0 aliphatic heterocycles. The zero-order valence-corrected chi connectivity index (χ0v) is 7.18. The summed E-state index contributed by atoms with van der Waals surface area (Å²) in [5.74, 6) is 0.608. The summed E-state index contributed by atoms with van der Waals surface area (Å²) >= 11 is 1.74. The maximum Gasteiger partial charge on any atom is 0.0616 e. The molecule has 1 nitrogen and oxygen atoms in total. The molecule has 11 heavy (non-hydrogen) atoms. The van der Waals surface area contributed by atoms with Crippen molar-refractivity contribution in [2.45, 2.75) is 25.4 Å². The molecule has 1 unspecified atom stereocenters. The first-order valence-electron chi connectivity index (χ1n) is 4.06. The third-order valence-electron chi connectivity index (χ3n) is 2.16. The Morgan fingerprint density at radius 2 is 2.45 bits per heavy atom. The van der Waals surface area contributed by atoms with Crippen molar-refractivity contribution in [3.8, 4) is 0 Å². The molecule has 1 heterocycles. The fourth-order valence-electron chi connectivity index (χ4n) is 1.28. The van der Waals surface area contributed by atoms with Gasteiger partial charge in [-0.05, 0) is 30.2 Å². The molecule has 60 valence electrons. The summed E-state index contributed by atoms with van der Waals surface area (Å²) in [5.41, 5.74) is 0. The topological polar surface area (TPSA) is 20.2 Å². The van der Waals surface area contributed by atoms with Gasteiger partial charge < -0.3 is 5.11 Å². The van der Waals surface area contributed by atoms with Crippen LogP contribution in [0.3, 0.4) is 0 Å². The van der Waals surface area contributed by atoms with E-state index < -0.39 is 0 Å². The zero-order valence-electron chi connectivity index (χ0n) is 6.36. The van der Waals surface area contributed by atoms with Crippen LogP contribution >= 0.6 is 11.3 Å². The minimum atomic E-state index is -0.0753. The van der Waals surface area contributed by atoms with Crippen molar-refractivity contribution in [2.24, 2.45) is 5.92 Å². The molecule has 1 N–H and O–H groups in total. The van der Waals surface area contributed by atoms with Crippen molar-refractivity contribution >= 4 is 11.3 Å². The second-order valence-corrected chi connectivity index (χ2v) is 4.22. The minimum absolute atomic E-state index is 0.0753. The van der Waals surface area contributed by atoms with Gasteiger partial charge in [-0.25, -0.2) is 0 Å². The van der Waals surface area contributed by atoms with Gasteiger partial charge in [0.1, 0.15) is 0 Å². The maximum atomic E-state index is 9.57. The highest BCUT2D eigenvalue weighted by atomic mass is 32.1. The Bertz CT molecular complexity index is 213. The lowest BCUT2D eigenvalue weighted by Crippen LogP contribution is -2.11. The van der Waals surface area contributed by atoms with E-state index in [-0.39, 0.29) is 6.10 Å². The summed E-state index contributed by atoms with van der Waals surface area (Å²) in [4.78, 5) is 1.31. The zero-order chi connectivity index (χ0) is 7.68. The van der Waals surface area contributed by atoms with Gasteiger partial charge in [-0.15, -0.1) is 11.3 Å². The van der Waals surface area contributed by atoms with Crippen LogP contribution in [0.4, 0.5) is 0 Å². The highest BCUT2D eigenvalue weighted by Gasteiger charge is 2.29. The molecular formula is C9H12OS. The molecule has 1 aliphatic rings. The summed E-state index contributed by atoms with van der Waals surface area (Å²) in [7, 11) is 0. The molecule has 0 aromatic carbocycles. The Hall–Kier alpha value is -0.340. The first kappa shape index (κ1) is 7.32. The lowest BCUT2D eigenvalue weighted by Gasteiger charge is -2.05. The van der Waals surface area contributed by atoms with E-state index in [2.05, 4.69) is 11.4 Å². The Kier molecular flexibility index (Phi) is 1.96. The Labute approximate surface area is 70.7 Å². The summed E-state index contributed by atoms with van der Waals surface area (Å²) in [6.07, 6.45) is 3.25. The van der Waals surface area contributed by atoms with Crippen LogP contribution < -0.4 is 0 Å². The molecule has 0 bridgehead atoms. The van der Waals surface area contributed by atoms with E-state index in [0.29, 0.717) is 5.92 Å². The van der Waals surface area contributed by atoms with Crippen molar-refractivity contribution < 1.29 is 5.11 Å². The molecule has 0 spiro atoms. The van der Waals surface area contributed by atoms with E-state index in [0.717, 1.165) is 6.42 Å². The number of rotatable bonds is 3. The van der Waals surface area contributed by atoms with Crippen LogP contribution in [-0.2, 0) is 6.42 Å². The van der Waals surface area contributed by atoms with Crippen molar-refractivity contribution in [3.63, 3.8) is 0 Å². The Balaban J connectivity index is 1.89. The molecule has 0 saturated heterocycles. The van der Waals surface area contributed by atoms with Crippen LogP contribution in [0.5, 0.6) is 0 Å². The minimum Gasteiger partial charge on any atom is -0.392 e. The van der Waals surface area contributed by atoms with E-state index in [9.17, 15) is 5.11 Å². The first-order chi connectivity index (χ1) is 5.36. The predicted molar refractivity (Wildman–Crippen MR) is 46.8 cm³/mol. The van der Waals surface area contributed by atoms with E-state index in [1.807, 2.05) is 6.07 Å². The Morgan fingerprint density at radius 1 is 1.64 bits per heavy atom. The first-order valence-corrected chi connectivity index (χ1v) is 4.94. The summed E-state index contributed by atoms with van der Waals surface area (Å²) in [6.45, 7) is 0. The standard InChI is InChI=1S/C9H12OS/c10-9(7-3-4-7)6-8-2-1-5-11-8/h1-2,5,7,9-10H,3-4,6H2. The van der Waals surface area contributed by atoms with Gasteiger partial charge in [-0.3, -0.25) is 0 Å². The van der Waals surface area contributed by atoms with E-state index in [1.165, 1.54) is 17.7 Å². The molecule has 1 atom stereocenters. The van der Waals surface area contributed by atoms with Gasteiger partial charge in [0.15, 0.2) is 0 Å². The van der Waals surface area contributed by atoms with E-state index >= 15 is 0 Å². The van der Waals surface area contributed by atoms with Gasteiger partial charge in [0.2, 0.25) is 0 Å². The molecule has 1 aromatic heterocycles. The Morgan fingerprint density at radius 3 is 3.00 bits per heavy atom. The van der Waals surface area contributed by atoms with E-state index in [4.69, 9.17) is 0 Å². The lowest BCUT2D eigenvalue weighted by atomic mass is 10.1. The molecule has 1 fully saturated rings. The molecule has 1 aromatic rings. The highest BCUT2D eigenvalue weighted by molar-refractivity contribution is 7.09. The van der Waals surface area contributed by atoms with Crippen LogP contribution in [0.2, 0.25) is 0 Å². The molecule has 2 rings (SSSR count). The van der Waals surface area contributed by atoms with E-state index in [1.54, 1.807) is 11.3 Å². The van der Waals surface area contributed by atoms with Crippen molar-refractivity contribution in [1.29, 1.82) is 0 Å². The maximum absolute atomic E-state index is 9.57. The fourth-order valence-corrected chi connectivity index (χ4v) is 2.04. The van der Waals surface area contributed by atoms with Crippen LogP contribution in [0.15, 0.2) is 17.5 Å². The third-order valence-corrected chi connectivity index (χ3v) is 3.06. The van der Waals surface area contributed by atoms with Gasteiger partial charge in [-0.1, -0.05) is 6.07 Å². The number of aliphatic hydroxyl groups excluding tert-OH is 1. The van der Waals surface area contributed by atoms with Crippen molar-refractivity contribution in [1.82, 2.24) is 0 Å². The van der Waals surface area contributed by atoms with Crippen LogP contribution in [0, 0.1) is 5.92 Å². The quantitative estimate of drug-likeness (QED) is 0.732. The van der Waals surface area contributed by atoms with Gasteiger partial charge in [0, 0.05) is 11.3 Å². The van der Waals surface area contributed by atoms with Crippen LogP contribution in [-0.4, -0.2) is 11.2 Å². The number of thiophene rings is 1. The largest absolute Gasteiger partial charge is 0.392 e. The summed E-state index contributed by atoms with van der Waals surface area (Å²) in [5, 5.41) is 11.6. The normalized spacial score (nSPS) is 20.1. The average molecular weight is 168 g/mol. The van der Waals surface area contributed by atoms with Crippen LogP contribution in [0.25, 0.3) is 0 Å². The van der Waals surface area contributed by atoms with Crippen molar-refractivity contribution in [2.75, 3.05) is 0 Å². The highest BCUT2D eigenvalue weighted by Crippen LogP contribution is 2.34. The molecule has 0 amide bonds. The monoisotopic (exact) mass is 168 g/mol. The summed E-state index contributed by atoms with van der Waals surface area (Å²) < 4.78 is 0. The summed E-state index contributed by atoms with van der Waals surface area (Å²) in [6, 6.07) is 4.13. The van der Waals surface area contributed by atoms with Gasteiger partial charge in [0.05, 0.1) is 6.10 Å². The molecular weight excluding hydrogens is 156 g/mol. The lowest BCUT2D eigenvalue weighted by molar-refractivity contribution is 0.152. The van der Waals surface area contributed by atoms with Crippen LogP contribution in [0.1, 0.15) is 17.7 Å². The predicted octanol–water partition coefficient (Wildman–Crippen LogP) is 2.06. The second-order valence-electron chi connectivity index (χ2n) is 3.19. The molecule has 1 saturated carbocycles. The number of hydrogen-bond donors (Lipinski definition) is 1. The molecule has 2 heteroatoms. The molecule has 1 aliphatic carbocycles. The van der Waals surface area contributed by atoms with Crippen molar-refractivity contribution in [3.05, 3.63) is 22.4 Å². The number of hydrogen-bond acceptors (Lipinski definition) is 2. The average Bonchev–Trinajstić information content (AvgIpc) is 2.73. The SMILES string of the molecule is OC(Cc1cccs1)C1CC1. The fraction of sp³-hybridized carbons (Fsp3) is 0.556.